The summed E-state index contributed by atoms with van der Waals surface area (Å²) in [5, 5.41) is 9.41. The molecule has 0 saturated heterocycles. The quantitative estimate of drug-likeness (QED) is 0.188. The van der Waals surface area contributed by atoms with Crippen molar-refractivity contribution < 1.29 is 0 Å². The molecule has 0 aliphatic carbocycles. The predicted molar refractivity (Wildman–Crippen MR) is 214 cm³/mol. The van der Waals surface area contributed by atoms with Crippen molar-refractivity contribution in [1.29, 1.82) is 0 Å². The first kappa shape index (κ1) is 28.7. The van der Waals surface area contributed by atoms with E-state index in [0.29, 0.717) is 17.6 Å². The topological polar surface area (TPSA) is 48.5 Å². The van der Waals surface area contributed by atoms with Gasteiger partial charge in [-0.05, 0) is 52.6 Å². The molecule has 11 rings (SSSR count). The highest BCUT2D eigenvalue weighted by Crippen LogP contribution is 2.42. The van der Waals surface area contributed by atoms with Crippen LogP contribution in [0.5, 0.6) is 0 Å². The normalized spacial score (nSPS) is 11.8. The van der Waals surface area contributed by atoms with Gasteiger partial charge in [-0.25, -0.2) is 4.98 Å². The number of fused-ring (bicyclic) bond motifs is 10. The molecule has 3 aromatic heterocycles. The average Bonchev–Trinajstić information content (AvgIpc) is 3.75. The van der Waals surface area contributed by atoms with Gasteiger partial charge < -0.3 is 4.57 Å². The molecule has 11 aromatic rings. The molecule has 3 heterocycles. The maximum absolute atomic E-state index is 5.28. The molecule has 0 radical (unpaired) electrons. The number of hydrogen-bond donors (Lipinski definition) is 0. The predicted octanol–water partition coefficient (Wildman–Crippen LogP) is 11.7. The van der Waals surface area contributed by atoms with Crippen molar-refractivity contribution in [2.45, 2.75) is 0 Å². The van der Waals surface area contributed by atoms with E-state index < -0.39 is 0 Å². The van der Waals surface area contributed by atoms with E-state index in [9.17, 15) is 0 Å². The van der Waals surface area contributed by atoms with E-state index in [-0.39, 0.29) is 0 Å². The molecule has 52 heavy (non-hydrogen) atoms. The molecule has 5 nitrogen and oxygen atoms in total. The van der Waals surface area contributed by atoms with Crippen LogP contribution < -0.4 is 0 Å². The molecule has 0 fully saturated rings. The van der Waals surface area contributed by atoms with Crippen LogP contribution in [-0.4, -0.2) is 24.1 Å². The van der Waals surface area contributed by atoms with Crippen molar-refractivity contribution in [3.8, 4) is 34.4 Å². The summed E-state index contributed by atoms with van der Waals surface area (Å²) in [5.74, 6) is 1.85. The lowest BCUT2D eigenvalue weighted by Crippen LogP contribution is -2.06. The SMILES string of the molecule is c1ccc(-c2nc(-c3ccc4ccccc4c3)nc(-n3c4ccccc4c4ccc5c(ccc6c5c5ccccc5n6-c5ccccc5)c43)n2)cc1. The van der Waals surface area contributed by atoms with Gasteiger partial charge in [0, 0.05) is 43.7 Å². The largest absolute Gasteiger partial charge is 0.309 e. The maximum Gasteiger partial charge on any atom is 0.238 e. The van der Waals surface area contributed by atoms with Gasteiger partial charge in [-0.3, -0.25) is 4.57 Å². The van der Waals surface area contributed by atoms with E-state index in [0.717, 1.165) is 49.4 Å². The zero-order valence-electron chi connectivity index (χ0n) is 28.0. The van der Waals surface area contributed by atoms with E-state index in [1.165, 1.54) is 32.6 Å². The Morgan fingerprint density at radius 3 is 1.75 bits per heavy atom. The van der Waals surface area contributed by atoms with Crippen molar-refractivity contribution >= 4 is 65.2 Å². The van der Waals surface area contributed by atoms with Crippen molar-refractivity contribution in [1.82, 2.24) is 24.1 Å². The highest BCUT2D eigenvalue weighted by molar-refractivity contribution is 6.27. The number of aromatic nitrogens is 5. The first-order chi connectivity index (χ1) is 25.8. The Labute approximate surface area is 298 Å². The van der Waals surface area contributed by atoms with Crippen molar-refractivity contribution in [2.24, 2.45) is 0 Å². The smallest absolute Gasteiger partial charge is 0.238 e. The molecular formula is C47H29N5. The Morgan fingerprint density at radius 2 is 0.942 bits per heavy atom. The summed E-state index contributed by atoms with van der Waals surface area (Å²) >= 11 is 0. The lowest BCUT2D eigenvalue weighted by molar-refractivity contribution is 0.955. The Morgan fingerprint density at radius 1 is 0.346 bits per heavy atom. The number of hydrogen-bond acceptors (Lipinski definition) is 3. The second-order valence-electron chi connectivity index (χ2n) is 13.3. The van der Waals surface area contributed by atoms with Gasteiger partial charge >= 0.3 is 0 Å². The van der Waals surface area contributed by atoms with Crippen LogP contribution in [0.25, 0.3) is 99.6 Å². The molecule has 0 amide bonds. The fourth-order valence-electron chi connectivity index (χ4n) is 8.03. The third kappa shape index (κ3) is 4.26. The molecule has 0 aliphatic rings. The summed E-state index contributed by atoms with van der Waals surface area (Å²) in [6.45, 7) is 0. The van der Waals surface area contributed by atoms with Crippen LogP contribution in [0.15, 0.2) is 176 Å². The van der Waals surface area contributed by atoms with Gasteiger partial charge in [-0.2, -0.15) is 9.97 Å². The van der Waals surface area contributed by atoms with Crippen molar-refractivity contribution in [3.05, 3.63) is 176 Å². The number of nitrogens with zero attached hydrogens (tertiary/aromatic N) is 5. The summed E-state index contributed by atoms with van der Waals surface area (Å²) in [5.41, 5.74) is 7.50. The molecular weight excluding hydrogens is 635 g/mol. The van der Waals surface area contributed by atoms with Gasteiger partial charge in [-0.15, -0.1) is 0 Å². The third-order valence-electron chi connectivity index (χ3n) is 10.3. The first-order valence-corrected chi connectivity index (χ1v) is 17.5. The van der Waals surface area contributed by atoms with Crippen molar-refractivity contribution in [2.75, 3.05) is 0 Å². The van der Waals surface area contributed by atoms with E-state index >= 15 is 0 Å². The van der Waals surface area contributed by atoms with Crippen molar-refractivity contribution in [3.63, 3.8) is 0 Å². The van der Waals surface area contributed by atoms with Gasteiger partial charge in [0.05, 0.1) is 22.1 Å². The van der Waals surface area contributed by atoms with E-state index in [4.69, 9.17) is 15.0 Å². The highest BCUT2D eigenvalue weighted by Gasteiger charge is 2.22. The van der Waals surface area contributed by atoms with Gasteiger partial charge in [0.25, 0.3) is 0 Å². The molecule has 5 heteroatoms. The second-order valence-corrected chi connectivity index (χ2v) is 13.3. The molecule has 8 aromatic carbocycles. The summed E-state index contributed by atoms with van der Waals surface area (Å²) in [6.07, 6.45) is 0. The zero-order valence-corrected chi connectivity index (χ0v) is 28.0. The molecule has 0 saturated carbocycles. The average molecular weight is 664 g/mol. The first-order valence-electron chi connectivity index (χ1n) is 17.5. The van der Waals surface area contributed by atoms with Crippen LogP contribution >= 0.6 is 0 Å². The number of rotatable bonds is 4. The lowest BCUT2D eigenvalue weighted by Gasteiger charge is -2.13. The standard InChI is InChI=1S/C47H29N5/c1-3-14-31(15-4-1)45-48-46(33-24-23-30-13-7-8-16-32(30)29-33)50-47(49-45)52-40-21-11-9-19-35(40)37-26-25-36-38(44(37)52)27-28-42-43(36)39-20-10-12-22-41(39)51(42)34-17-5-2-6-18-34/h1-29H. The summed E-state index contributed by atoms with van der Waals surface area (Å²) in [4.78, 5) is 15.6. The van der Waals surface area contributed by atoms with Crippen LogP contribution in [0.1, 0.15) is 0 Å². The summed E-state index contributed by atoms with van der Waals surface area (Å²) < 4.78 is 4.62. The fourth-order valence-corrected chi connectivity index (χ4v) is 8.03. The second kappa shape index (κ2) is 11.2. The molecule has 0 spiro atoms. The van der Waals surface area contributed by atoms with Crippen LogP contribution in [-0.2, 0) is 0 Å². The van der Waals surface area contributed by atoms with Gasteiger partial charge in [-0.1, -0.05) is 140 Å². The Hall–Kier alpha value is -7.11. The fraction of sp³-hybridized carbons (Fsp3) is 0. The monoisotopic (exact) mass is 663 g/mol. The molecule has 0 N–H and O–H groups in total. The minimum Gasteiger partial charge on any atom is -0.309 e. The summed E-state index contributed by atoms with van der Waals surface area (Å²) in [6, 6.07) is 62.0. The van der Waals surface area contributed by atoms with E-state index in [1.807, 2.05) is 18.2 Å². The number of benzene rings is 8. The Balaban J connectivity index is 1.25. The Kier molecular flexibility index (Phi) is 6.18. The summed E-state index contributed by atoms with van der Waals surface area (Å²) in [7, 11) is 0. The van der Waals surface area contributed by atoms with Crippen LogP contribution in [0, 0.1) is 0 Å². The lowest BCUT2D eigenvalue weighted by atomic mass is 10.0. The minimum atomic E-state index is 0.586. The van der Waals surface area contributed by atoms with Gasteiger partial charge in [0.15, 0.2) is 11.6 Å². The molecule has 0 aliphatic heterocycles. The van der Waals surface area contributed by atoms with Gasteiger partial charge in [0.1, 0.15) is 0 Å². The number of para-hydroxylation sites is 3. The molecule has 0 atom stereocenters. The van der Waals surface area contributed by atoms with Crippen LogP contribution in [0.4, 0.5) is 0 Å². The third-order valence-corrected chi connectivity index (χ3v) is 10.3. The van der Waals surface area contributed by atoms with E-state index in [2.05, 4.69) is 167 Å². The van der Waals surface area contributed by atoms with E-state index in [1.54, 1.807) is 0 Å². The highest BCUT2D eigenvalue weighted by atomic mass is 15.2. The van der Waals surface area contributed by atoms with Gasteiger partial charge in [0.2, 0.25) is 5.95 Å². The Bertz CT molecular complexity index is 3180. The minimum absolute atomic E-state index is 0.586. The van der Waals surface area contributed by atoms with Crippen LogP contribution in [0.2, 0.25) is 0 Å². The zero-order chi connectivity index (χ0) is 34.2. The molecule has 0 unspecified atom stereocenters. The van der Waals surface area contributed by atoms with Crippen LogP contribution in [0.3, 0.4) is 0 Å². The maximum atomic E-state index is 5.28. The molecule has 242 valence electrons. The molecule has 0 bridgehead atoms.